The molecule has 0 saturated carbocycles. The molecule has 140 valence electrons. The predicted molar refractivity (Wildman–Crippen MR) is 98.5 cm³/mol. The van der Waals surface area contributed by atoms with E-state index >= 15 is 0 Å². The highest BCUT2D eigenvalue weighted by Crippen LogP contribution is 2.16. The second-order valence-corrected chi connectivity index (χ2v) is 5.21. The van der Waals surface area contributed by atoms with E-state index in [2.05, 4.69) is 15.8 Å². The number of nitrogens with two attached hydrogens (primary N) is 1. The molecule has 2 aromatic carbocycles. The molecule has 4 N–H and O–H groups in total. The fraction of sp³-hybridized carbons (Fsp3) is 0.111. The summed E-state index contributed by atoms with van der Waals surface area (Å²) < 4.78 is 10.2. The van der Waals surface area contributed by atoms with Crippen LogP contribution in [-0.4, -0.2) is 37.7 Å². The standard InChI is InChI=1S/C18H18N4O5/c1-26-15-4-2-3-13(9-15)21-17(24)18(25)22-20-10-12-5-7-14(8-6-12)27-11-16(19)23/h2-10H,11H2,1H3,(H2,19,23)(H,21,24)(H,22,25)/b20-10-. The van der Waals surface area contributed by atoms with Gasteiger partial charge in [0, 0.05) is 11.8 Å². The summed E-state index contributed by atoms with van der Waals surface area (Å²) in [5, 5.41) is 6.15. The molecule has 2 aromatic rings. The van der Waals surface area contributed by atoms with Gasteiger partial charge in [-0.2, -0.15) is 5.10 Å². The number of hydrazone groups is 1. The highest BCUT2D eigenvalue weighted by molar-refractivity contribution is 6.39. The Morgan fingerprint density at radius 3 is 2.48 bits per heavy atom. The second kappa shape index (κ2) is 9.56. The number of primary amides is 1. The number of rotatable bonds is 7. The maximum absolute atomic E-state index is 11.8. The molecule has 27 heavy (non-hydrogen) atoms. The van der Waals surface area contributed by atoms with Crippen LogP contribution < -0.4 is 25.9 Å². The first-order chi connectivity index (χ1) is 13.0. The largest absolute Gasteiger partial charge is 0.497 e. The Morgan fingerprint density at radius 1 is 1.07 bits per heavy atom. The molecule has 0 spiro atoms. The number of amides is 3. The van der Waals surface area contributed by atoms with E-state index in [9.17, 15) is 14.4 Å². The number of methoxy groups -OCH3 is 1. The molecule has 2 rings (SSSR count). The topological polar surface area (TPSA) is 132 Å². The van der Waals surface area contributed by atoms with E-state index in [0.29, 0.717) is 22.7 Å². The molecule has 0 aliphatic rings. The molecule has 0 fully saturated rings. The molecule has 0 heterocycles. The maximum Gasteiger partial charge on any atom is 0.329 e. The third kappa shape index (κ3) is 6.50. The Kier molecular flexibility index (Phi) is 6.89. The van der Waals surface area contributed by atoms with Gasteiger partial charge in [0.15, 0.2) is 6.61 Å². The van der Waals surface area contributed by atoms with Crippen LogP contribution >= 0.6 is 0 Å². The number of benzene rings is 2. The van der Waals surface area contributed by atoms with Crippen molar-refractivity contribution >= 4 is 29.6 Å². The summed E-state index contributed by atoms with van der Waals surface area (Å²) in [6.45, 7) is -0.216. The number of nitrogens with zero attached hydrogens (tertiary/aromatic N) is 1. The van der Waals surface area contributed by atoms with Crippen molar-refractivity contribution in [2.45, 2.75) is 0 Å². The average Bonchev–Trinajstić information content (AvgIpc) is 2.67. The van der Waals surface area contributed by atoms with Crippen molar-refractivity contribution in [3.8, 4) is 11.5 Å². The van der Waals surface area contributed by atoms with Crippen LogP contribution in [0.4, 0.5) is 5.69 Å². The third-order valence-corrected chi connectivity index (χ3v) is 3.17. The zero-order valence-corrected chi connectivity index (χ0v) is 14.5. The van der Waals surface area contributed by atoms with Crippen LogP contribution in [0.15, 0.2) is 53.6 Å². The third-order valence-electron chi connectivity index (χ3n) is 3.17. The van der Waals surface area contributed by atoms with Crippen molar-refractivity contribution in [2.75, 3.05) is 19.0 Å². The first-order valence-electron chi connectivity index (χ1n) is 7.77. The highest BCUT2D eigenvalue weighted by atomic mass is 16.5. The summed E-state index contributed by atoms with van der Waals surface area (Å²) >= 11 is 0. The van der Waals surface area contributed by atoms with Crippen LogP contribution in [0.1, 0.15) is 5.56 Å². The molecule has 9 heteroatoms. The second-order valence-electron chi connectivity index (χ2n) is 5.21. The van der Waals surface area contributed by atoms with Gasteiger partial charge in [0.1, 0.15) is 11.5 Å². The van der Waals surface area contributed by atoms with Crippen LogP contribution in [0, 0.1) is 0 Å². The van der Waals surface area contributed by atoms with Crippen LogP contribution in [0.5, 0.6) is 11.5 Å². The van der Waals surface area contributed by atoms with Crippen LogP contribution in [0.25, 0.3) is 0 Å². The van der Waals surface area contributed by atoms with E-state index in [1.165, 1.54) is 13.3 Å². The summed E-state index contributed by atoms with van der Waals surface area (Å²) in [6, 6.07) is 13.1. The Bertz CT molecular complexity index is 849. The lowest BCUT2D eigenvalue weighted by Gasteiger charge is -2.06. The molecule has 0 aliphatic heterocycles. The molecular weight excluding hydrogens is 352 g/mol. The lowest BCUT2D eigenvalue weighted by molar-refractivity contribution is -0.136. The Morgan fingerprint density at radius 2 is 1.81 bits per heavy atom. The van der Waals surface area contributed by atoms with Gasteiger partial charge in [-0.25, -0.2) is 5.43 Å². The van der Waals surface area contributed by atoms with E-state index in [1.54, 1.807) is 48.5 Å². The number of hydrogen-bond donors (Lipinski definition) is 3. The van der Waals surface area contributed by atoms with Crippen LogP contribution in [0.2, 0.25) is 0 Å². The molecule has 3 amide bonds. The van der Waals surface area contributed by atoms with Crippen molar-refractivity contribution in [1.29, 1.82) is 0 Å². The number of hydrogen-bond acceptors (Lipinski definition) is 6. The first-order valence-corrected chi connectivity index (χ1v) is 7.77. The van der Waals surface area contributed by atoms with Gasteiger partial charge in [-0.05, 0) is 42.0 Å². The minimum atomic E-state index is -0.921. The number of carbonyl (C=O) groups is 3. The molecular formula is C18H18N4O5. The maximum atomic E-state index is 11.8. The van der Waals surface area contributed by atoms with Crippen molar-refractivity contribution in [1.82, 2.24) is 5.43 Å². The molecule has 0 aromatic heterocycles. The van der Waals surface area contributed by atoms with Gasteiger partial charge in [0.2, 0.25) is 0 Å². The fourth-order valence-corrected chi connectivity index (χ4v) is 1.91. The highest BCUT2D eigenvalue weighted by Gasteiger charge is 2.13. The molecule has 0 radical (unpaired) electrons. The van der Waals surface area contributed by atoms with Gasteiger partial charge in [-0.3, -0.25) is 14.4 Å². The van der Waals surface area contributed by atoms with E-state index < -0.39 is 17.7 Å². The SMILES string of the molecule is COc1cccc(NC(=O)C(=O)N/N=C\c2ccc(OCC(N)=O)cc2)c1. The van der Waals surface area contributed by atoms with E-state index in [4.69, 9.17) is 15.2 Å². The molecule has 0 saturated heterocycles. The quantitative estimate of drug-likeness (QED) is 0.374. The minimum absolute atomic E-state index is 0.216. The molecule has 0 aliphatic carbocycles. The van der Waals surface area contributed by atoms with Gasteiger partial charge < -0.3 is 20.5 Å². The summed E-state index contributed by atoms with van der Waals surface area (Å²) in [5.74, 6) is -1.34. The zero-order chi connectivity index (χ0) is 19.6. The smallest absolute Gasteiger partial charge is 0.329 e. The van der Waals surface area contributed by atoms with Crippen molar-refractivity contribution in [3.63, 3.8) is 0 Å². The monoisotopic (exact) mass is 370 g/mol. The summed E-state index contributed by atoms with van der Waals surface area (Å²) in [7, 11) is 1.50. The normalized spacial score (nSPS) is 10.3. The molecule has 9 nitrogen and oxygen atoms in total. The molecule has 0 bridgehead atoms. The number of carbonyl (C=O) groups excluding carboxylic acids is 3. The van der Waals surface area contributed by atoms with Gasteiger partial charge in [-0.15, -0.1) is 0 Å². The van der Waals surface area contributed by atoms with Crippen LogP contribution in [0.3, 0.4) is 0 Å². The number of nitrogens with one attached hydrogen (secondary N) is 2. The van der Waals surface area contributed by atoms with Gasteiger partial charge >= 0.3 is 11.8 Å². The summed E-state index contributed by atoms with van der Waals surface area (Å²) in [6.07, 6.45) is 1.36. The fourth-order valence-electron chi connectivity index (χ4n) is 1.91. The van der Waals surface area contributed by atoms with Crippen molar-refractivity contribution in [2.24, 2.45) is 10.8 Å². The number of ether oxygens (including phenoxy) is 2. The van der Waals surface area contributed by atoms with E-state index in [0.717, 1.165) is 0 Å². The van der Waals surface area contributed by atoms with Gasteiger partial charge in [0.25, 0.3) is 5.91 Å². The lowest BCUT2D eigenvalue weighted by atomic mass is 10.2. The zero-order valence-electron chi connectivity index (χ0n) is 14.5. The Hall–Kier alpha value is -3.88. The number of anilines is 1. The van der Waals surface area contributed by atoms with Crippen molar-refractivity contribution < 1.29 is 23.9 Å². The Balaban J connectivity index is 1.84. The predicted octanol–water partition coefficient (Wildman–Crippen LogP) is 0.648. The van der Waals surface area contributed by atoms with E-state index in [1.807, 2.05) is 0 Å². The van der Waals surface area contributed by atoms with Crippen molar-refractivity contribution in [3.05, 3.63) is 54.1 Å². The van der Waals surface area contributed by atoms with E-state index in [-0.39, 0.29) is 6.61 Å². The van der Waals surface area contributed by atoms with Gasteiger partial charge in [-0.1, -0.05) is 6.07 Å². The molecule has 0 atom stereocenters. The molecule has 0 unspecified atom stereocenters. The Labute approximate surface area is 155 Å². The average molecular weight is 370 g/mol. The lowest BCUT2D eigenvalue weighted by Crippen LogP contribution is -2.32. The first kappa shape index (κ1) is 19.4. The minimum Gasteiger partial charge on any atom is -0.497 e. The summed E-state index contributed by atoms with van der Waals surface area (Å²) in [5.41, 5.74) is 8.19. The van der Waals surface area contributed by atoms with Gasteiger partial charge in [0.05, 0.1) is 13.3 Å². The summed E-state index contributed by atoms with van der Waals surface area (Å²) in [4.78, 5) is 34.2. The van der Waals surface area contributed by atoms with Crippen LogP contribution in [-0.2, 0) is 14.4 Å².